The molecule has 1 aliphatic rings. The summed E-state index contributed by atoms with van der Waals surface area (Å²) in [7, 11) is 1.70. The van der Waals surface area contributed by atoms with E-state index in [0.29, 0.717) is 11.8 Å². The summed E-state index contributed by atoms with van der Waals surface area (Å²) < 4.78 is 7.34. The predicted octanol–water partition coefficient (Wildman–Crippen LogP) is 6.89. The first kappa shape index (κ1) is 30.1. The molecule has 3 heterocycles. The van der Waals surface area contributed by atoms with Crippen LogP contribution in [-0.4, -0.2) is 65.2 Å². The lowest BCUT2D eigenvalue weighted by molar-refractivity contribution is 0.0741. The normalized spacial score (nSPS) is 14.4. The molecule has 40 heavy (non-hydrogen) atoms. The van der Waals surface area contributed by atoms with Crippen LogP contribution in [0, 0.1) is 11.8 Å². The highest BCUT2D eigenvalue weighted by molar-refractivity contribution is 5.95. The molecule has 1 amide bonds. The lowest BCUT2D eigenvalue weighted by Crippen LogP contribution is -2.34. The van der Waals surface area contributed by atoms with Gasteiger partial charge in [-0.1, -0.05) is 46.2 Å². The number of aromatic nitrogens is 2. The molecule has 0 spiro atoms. The number of pyridine rings is 1. The first-order valence-electron chi connectivity index (χ1n) is 15.5. The minimum absolute atomic E-state index is 0.140. The van der Waals surface area contributed by atoms with Gasteiger partial charge in [0, 0.05) is 36.8 Å². The maximum Gasteiger partial charge on any atom is 0.253 e. The van der Waals surface area contributed by atoms with Crippen LogP contribution in [-0.2, 0) is 12.8 Å². The smallest absolute Gasteiger partial charge is 0.253 e. The van der Waals surface area contributed by atoms with E-state index in [0.717, 1.165) is 74.3 Å². The summed E-state index contributed by atoms with van der Waals surface area (Å²) in [5, 5.41) is 5.03. The van der Waals surface area contributed by atoms with Crippen LogP contribution in [0.1, 0.15) is 93.4 Å². The molecule has 0 radical (unpaired) electrons. The zero-order valence-corrected chi connectivity index (χ0v) is 25.5. The van der Waals surface area contributed by atoms with Crippen molar-refractivity contribution in [2.45, 2.75) is 79.1 Å². The molecule has 1 saturated heterocycles. The SMILES string of the molecule is COc1ccc(Cc2nn3ccc(C(=O)N(CCC(C)C)CCC(C)C)cc3c2CCCN2CCCCC2)cc1. The molecular weight excluding hydrogens is 496 g/mol. The van der Waals surface area contributed by atoms with Crippen molar-refractivity contribution in [2.75, 3.05) is 39.8 Å². The Bertz CT molecular complexity index is 1200. The molecule has 1 aromatic carbocycles. The first-order chi connectivity index (χ1) is 19.3. The number of carbonyl (C=O) groups excluding carboxylic acids is 1. The summed E-state index contributed by atoms with van der Waals surface area (Å²) in [4.78, 5) is 18.5. The average Bonchev–Trinajstić information content (AvgIpc) is 3.29. The Hall–Kier alpha value is -2.86. The van der Waals surface area contributed by atoms with Crippen molar-refractivity contribution < 1.29 is 9.53 Å². The second-order valence-electron chi connectivity index (χ2n) is 12.4. The summed E-state index contributed by atoms with van der Waals surface area (Å²) in [5.74, 6) is 2.14. The monoisotopic (exact) mass is 546 g/mol. The van der Waals surface area contributed by atoms with Crippen molar-refractivity contribution in [3.05, 3.63) is 65.0 Å². The molecule has 0 saturated carbocycles. The second kappa shape index (κ2) is 14.7. The summed E-state index contributed by atoms with van der Waals surface area (Å²) in [6, 6.07) is 12.3. The van der Waals surface area contributed by atoms with Gasteiger partial charge in [0.15, 0.2) is 0 Å². The van der Waals surface area contributed by atoms with Gasteiger partial charge in [-0.15, -0.1) is 0 Å². The molecule has 1 fully saturated rings. The Kier molecular flexibility index (Phi) is 11.0. The lowest BCUT2D eigenvalue weighted by Gasteiger charge is -2.26. The number of nitrogens with zero attached hydrogens (tertiary/aromatic N) is 4. The number of ether oxygens (including phenoxy) is 1. The number of likely N-dealkylation sites (tertiary alicyclic amines) is 1. The molecule has 0 bridgehead atoms. The number of hydrogen-bond acceptors (Lipinski definition) is 4. The highest BCUT2D eigenvalue weighted by atomic mass is 16.5. The lowest BCUT2D eigenvalue weighted by atomic mass is 10.0. The molecule has 3 aromatic rings. The van der Waals surface area contributed by atoms with Crippen LogP contribution in [0.4, 0.5) is 0 Å². The second-order valence-corrected chi connectivity index (χ2v) is 12.4. The van der Waals surface area contributed by atoms with Gasteiger partial charge in [0.1, 0.15) is 5.75 Å². The van der Waals surface area contributed by atoms with Gasteiger partial charge >= 0.3 is 0 Å². The number of amides is 1. The minimum Gasteiger partial charge on any atom is -0.497 e. The van der Waals surface area contributed by atoms with Crippen molar-refractivity contribution >= 4 is 11.4 Å². The van der Waals surface area contributed by atoms with E-state index in [1.54, 1.807) is 7.11 Å². The molecule has 2 aromatic heterocycles. The molecular formula is C34H50N4O2. The topological polar surface area (TPSA) is 50.1 Å². The summed E-state index contributed by atoms with van der Waals surface area (Å²) in [6.07, 6.45) is 10.8. The van der Waals surface area contributed by atoms with Gasteiger partial charge in [-0.2, -0.15) is 5.10 Å². The molecule has 0 unspecified atom stereocenters. The number of benzene rings is 1. The number of fused-ring (bicyclic) bond motifs is 1. The van der Waals surface area contributed by atoms with Crippen LogP contribution in [0.5, 0.6) is 5.75 Å². The van der Waals surface area contributed by atoms with E-state index < -0.39 is 0 Å². The van der Waals surface area contributed by atoms with E-state index in [-0.39, 0.29) is 5.91 Å². The van der Waals surface area contributed by atoms with Crippen LogP contribution in [0.25, 0.3) is 5.52 Å². The van der Waals surface area contributed by atoms with Gasteiger partial charge in [-0.25, -0.2) is 4.52 Å². The Morgan fingerprint density at radius 1 is 0.975 bits per heavy atom. The Labute approximate surface area is 241 Å². The van der Waals surface area contributed by atoms with Crippen LogP contribution < -0.4 is 4.74 Å². The molecule has 218 valence electrons. The van der Waals surface area contributed by atoms with Crippen LogP contribution in [0.3, 0.4) is 0 Å². The zero-order chi connectivity index (χ0) is 28.5. The molecule has 0 atom stereocenters. The Morgan fingerprint density at radius 2 is 1.65 bits per heavy atom. The molecule has 6 heteroatoms. The van der Waals surface area contributed by atoms with E-state index in [1.807, 2.05) is 28.9 Å². The summed E-state index contributed by atoms with van der Waals surface area (Å²) in [6.45, 7) is 14.1. The third kappa shape index (κ3) is 8.33. The molecule has 0 aliphatic carbocycles. The van der Waals surface area contributed by atoms with Gasteiger partial charge in [0.25, 0.3) is 5.91 Å². The predicted molar refractivity (Wildman–Crippen MR) is 164 cm³/mol. The average molecular weight is 547 g/mol. The fourth-order valence-corrected chi connectivity index (χ4v) is 5.62. The standard InChI is InChI=1S/C34H50N4O2/c1-26(2)15-21-37(22-16-27(3)4)34(39)29-17-23-38-33(25-29)31(10-9-20-36-18-7-6-8-19-36)32(35-38)24-28-11-13-30(40-5)14-12-28/h11-14,17,23,25-27H,6-10,15-16,18-22,24H2,1-5H3. The van der Waals surface area contributed by atoms with E-state index in [9.17, 15) is 4.79 Å². The highest BCUT2D eigenvalue weighted by Crippen LogP contribution is 2.24. The van der Waals surface area contributed by atoms with E-state index >= 15 is 0 Å². The highest BCUT2D eigenvalue weighted by Gasteiger charge is 2.20. The van der Waals surface area contributed by atoms with Gasteiger partial charge < -0.3 is 14.5 Å². The van der Waals surface area contributed by atoms with E-state index in [2.05, 4.69) is 55.7 Å². The quantitative estimate of drug-likeness (QED) is 0.221. The fourth-order valence-electron chi connectivity index (χ4n) is 5.62. The van der Waals surface area contributed by atoms with Crippen molar-refractivity contribution in [1.82, 2.24) is 19.4 Å². The van der Waals surface area contributed by atoms with Crippen molar-refractivity contribution in [2.24, 2.45) is 11.8 Å². The third-order valence-corrected chi connectivity index (χ3v) is 8.19. The first-order valence-corrected chi connectivity index (χ1v) is 15.5. The van der Waals surface area contributed by atoms with Crippen molar-refractivity contribution in [1.29, 1.82) is 0 Å². The van der Waals surface area contributed by atoms with E-state index in [4.69, 9.17) is 9.84 Å². The molecule has 6 nitrogen and oxygen atoms in total. The summed E-state index contributed by atoms with van der Waals surface area (Å²) >= 11 is 0. The van der Waals surface area contributed by atoms with E-state index in [1.165, 1.54) is 43.5 Å². The van der Waals surface area contributed by atoms with Crippen LogP contribution in [0.2, 0.25) is 0 Å². The number of carbonyl (C=O) groups is 1. The largest absolute Gasteiger partial charge is 0.497 e. The zero-order valence-electron chi connectivity index (χ0n) is 25.5. The molecule has 1 aliphatic heterocycles. The van der Waals surface area contributed by atoms with Gasteiger partial charge in [-0.3, -0.25) is 4.79 Å². The Balaban J connectivity index is 1.61. The maximum absolute atomic E-state index is 13.8. The maximum atomic E-state index is 13.8. The van der Waals surface area contributed by atoms with Crippen LogP contribution >= 0.6 is 0 Å². The number of aryl methyl sites for hydroxylation is 1. The minimum atomic E-state index is 0.140. The third-order valence-electron chi connectivity index (χ3n) is 8.19. The number of rotatable bonds is 14. The Morgan fingerprint density at radius 3 is 2.27 bits per heavy atom. The number of hydrogen-bond donors (Lipinski definition) is 0. The fraction of sp³-hybridized carbons (Fsp3) is 0.588. The summed E-state index contributed by atoms with van der Waals surface area (Å²) in [5.41, 5.74) is 5.43. The molecule has 4 rings (SSSR count). The van der Waals surface area contributed by atoms with Gasteiger partial charge in [0.05, 0.1) is 18.3 Å². The van der Waals surface area contributed by atoms with Gasteiger partial charge in [-0.05, 0) is 99.8 Å². The number of methoxy groups -OCH3 is 1. The van der Waals surface area contributed by atoms with Crippen molar-refractivity contribution in [3.8, 4) is 5.75 Å². The van der Waals surface area contributed by atoms with Crippen molar-refractivity contribution in [3.63, 3.8) is 0 Å². The molecule has 0 N–H and O–H groups in total. The van der Waals surface area contributed by atoms with Crippen LogP contribution in [0.15, 0.2) is 42.6 Å². The van der Waals surface area contributed by atoms with Gasteiger partial charge in [0.2, 0.25) is 0 Å². The number of piperidine rings is 1.